The largest absolute Gasteiger partial charge is 0.492 e. The molecule has 1 heterocycles. The first-order valence-corrected chi connectivity index (χ1v) is 6.78. The lowest BCUT2D eigenvalue weighted by Gasteiger charge is -2.12. The third kappa shape index (κ3) is 3.01. The minimum Gasteiger partial charge on any atom is -0.492 e. The number of nitrogens with one attached hydrogen (secondary N) is 1. The van der Waals surface area contributed by atoms with Gasteiger partial charge in [0.1, 0.15) is 11.6 Å². The summed E-state index contributed by atoms with van der Waals surface area (Å²) in [5, 5.41) is 5.36. The number of rotatable bonds is 5. The van der Waals surface area contributed by atoms with Crippen molar-refractivity contribution in [2.75, 3.05) is 11.9 Å². The number of benzene rings is 1. The van der Waals surface area contributed by atoms with Crippen LogP contribution in [0.5, 0.6) is 5.75 Å². The van der Waals surface area contributed by atoms with E-state index in [0.717, 1.165) is 12.2 Å². The molecule has 0 spiro atoms. The van der Waals surface area contributed by atoms with Gasteiger partial charge in [0.2, 0.25) is 0 Å². The van der Waals surface area contributed by atoms with Crippen molar-refractivity contribution in [2.45, 2.75) is 20.4 Å². The highest BCUT2D eigenvalue weighted by Gasteiger charge is 2.06. The smallest absolute Gasteiger partial charge is 0.145 e. The Morgan fingerprint density at radius 1 is 1.33 bits per heavy atom. The van der Waals surface area contributed by atoms with Crippen LogP contribution in [0.3, 0.4) is 0 Å². The summed E-state index contributed by atoms with van der Waals surface area (Å²) >= 11 is 1.71. The summed E-state index contributed by atoms with van der Waals surface area (Å²) in [4.78, 5) is 1.28. The van der Waals surface area contributed by atoms with Crippen molar-refractivity contribution < 1.29 is 9.13 Å². The van der Waals surface area contributed by atoms with Crippen molar-refractivity contribution in [1.29, 1.82) is 0 Å². The van der Waals surface area contributed by atoms with Gasteiger partial charge in [-0.05, 0) is 43.0 Å². The summed E-state index contributed by atoms with van der Waals surface area (Å²) in [6, 6.07) is 6.65. The van der Waals surface area contributed by atoms with Crippen LogP contribution in [0.15, 0.2) is 29.6 Å². The fourth-order valence-electron chi connectivity index (χ4n) is 1.68. The molecule has 0 aliphatic heterocycles. The number of thiophene rings is 1. The van der Waals surface area contributed by atoms with Gasteiger partial charge >= 0.3 is 0 Å². The second kappa shape index (κ2) is 5.87. The average molecular weight is 265 g/mol. The van der Waals surface area contributed by atoms with Crippen molar-refractivity contribution in [3.05, 3.63) is 45.9 Å². The Bertz CT molecular complexity index is 524. The molecule has 0 radical (unpaired) electrons. The van der Waals surface area contributed by atoms with Crippen molar-refractivity contribution in [3.8, 4) is 5.75 Å². The van der Waals surface area contributed by atoms with Gasteiger partial charge in [-0.15, -0.1) is 11.3 Å². The zero-order valence-electron chi connectivity index (χ0n) is 10.5. The SMILES string of the molecule is CCOc1cc(F)ccc1NCc1sccc1C. The minimum absolute atomic E-state index is 0.281. The number of halogens is 1. The first kappa shape index (κ1) is 12.9. The standard InChI is InChI=1S/C14H16FNOS/c1-3-17-13-8-11(15)4-5-12(13)16-9-14-10(2)6-7-18-14/h4-8,16H,3,9H2,1-2H3. The lowest BCUT2D eigenvalue weighted by Crippen LogP contribution is -2.02. The second-order valence-corrected chi connectivity index (χ2v) is 4.95. The van der Waals surface area contributed by atoms with Crippen molar-refractivity contribution in [1.82, 2.24) is 0 Å². The van der Waals surface area contributed by atoms with Crippen molar-refractivity contribution in [3.63, 3.8) is 0 Å². The lowest BCUT2D eigenvalue weighted by atomic mass is 10.2. The highest BCUT2D eigenvalue weighted by Crippen LogP contribution is 2.27. The van der Waals surface area contributed by atoms with Crippen LogP contribution in [-0.2, 0) is 6.54 Å². The predicted molar refractivity (Wildman–Crippen MR) is 74.0 cm³/mol. The van der Waals surface area contributed by atoms with Gasteiger partial charge in [-0.3, -0.25) is 0 Å². The number of aryl methyl sites for hydroxylation is 1. The van der Waals surface area contributed by atoms with Crippen LogP contribution < -0.4 is 10.1 Å². The van der Waals surface area contributed by atoms with Crippen LogP contribution in [-0.4, -0.2) is 6.61 Å². The lowest BCUT2D eigenvalue weighted by molar-refractivity contribution is 0.340. The number of hydrogen-bond acceptors (Lipinski definition) is 3. The van der Waals surface area contributed by atoms with Crippen LogP contribution >= 0.6 is 11.3 Å². The van der Waals surface area contributed by atoms with Crippen LogP contribution in [0.25, 0.3) is 0 Å². The van der Waals surface area contributed by atoms with E-state index >= 15 is 0 Å². The second-order valence-electron chi connectivity index (χ2n) is 3.95. The van der Waals surface area contributed by atoms with Crippen molar-refractivity contribution in [2.24, 2.45) is 0 Å². The maximum absolute atomic E-state index is 13.1. The molecule has 0 bridgehead atoms. The predicted octanol–water partition coefficient (Wildman–Crippen LogP) is 4.21. The maximum Gasteiger partial charge on any atom is 0.145 e. The van der Waals surface area contributed by atoms with E-state index in [1.165, 1.54) is 22.6 Å². The van der Waals surface area contributed by atoms with Crippen LogP contribution in [0.4, 0.5) is 10.1 Å². The van der Waals surface area contributed by atoms with Gasteiger partial charge in [0.05, 0.1) is 12.3 Å². The van der Waals surface area contributed by atoms with Gasteiger partial charge in [0.25, 0.3) is 0 Å². The molecule has 1 N–H and O–H groups in total. The first-order valence-electron chi connectivity index (χ1n) is 5.90. The minimum atomic E-state index is -0.281. The monoisotopic (exact) mass is 265 g/mol. The van der Waals surface area contributed by atoms with Gasteiger partial charge in [0, 0.05) is 17.5 Å². The normalized spacial score (nSPS) is 10.4. The molecule has 1 aromatic heterocycles. The Balaban J connectivity index is 2.11. The first-order chi connectivity index (χ1) is 8.70. The number of hydrogen-bond donors (Lipinski definition) is 1. The Kier molecular flexibility index (Phi) is 4.20. The number of ether oxygens (including phenoxy) is 1. The highest BCUT2D eigenvalue weighted by atomic mass is 32.1. The molecule has 0 saturated heterocycles. The molecule has 1 aromatic carbocycles. The Morgan fingerprint density at radius 3 is 2.83 bits per heavy atom. The molecule has 2 nitrogen and oxygen atoms in total. The fourth-order valence-corrected chi connectivity index (χ4v) is 2.52. The highest BCUT2D eigenvalue weighted by molar-refractivity contribution is 7.10. The van der Waals surface area contributed by atoms with E-state index in [-0.39, 0.29) is 5.82 Å². The molecule has 2 aromatic rings. The van der Waals surface area contributed by atoms with Gasteiger partial charge in [-0.25, -0.2) is 4.39 Å². The average Bonchev–Trinajstić information content (AvgIpc) is 2.74. The molecule has 0 saturated carbocycles. The summed E-state index contributed by atoms with van der Waals surface area (Å²) in [5.74, 6) is 0.281. The molecule has 0 aliphatic rings. The van der Waals surface area contributed by atoms with E-state index in [9.17, 15) is 4.39 Å². The van der Waals surface area contributed by atoms with E-state index in [4.69, 9.17) is 4.74 Å². The summed E-state index contributed by atoms with van der Waals surface area (Å²) < 4.78 is 18.6. The maximum atomic E-state index is 13.1. The summed E-state index contributed by atoms with van der Waals surface area (Å²) in [7, 11) is 0. The molecule has 0 unspecified atom stereocenters. The third-order valence-electron chi connectivity index (χ3n) is 2.65. The molecule has 96 valence electrons. The summed E-state index contributed by atoms with van der Waals surface area (Å²) in [5.41, 5.74) is 2.10. The Morgan fingerprint density at radius 2 is 2.17 bits per heavy atom. The molecular weight excluding hydrogens is 249 g/mol. The molecule has 0 amide bonds. The van der Waals surface area contributed by atoms with E-state index in [0.29, 0.717) is 12.4 Å². The van der Waals surface area contributed by atoms with Gasteiger partial charge in [-0.1, -0.05) is 0 Å². The van der Waals surface area contributed by atoms with Crippen molar-refractivity contribution >= 4 is 17.0 Å². The Labute approximate surface area is 110 Å². The molecular formula is C14H16FNOS. The topological polar surface area (TPSA) is 21.3 Å². The number of anilines is 1. The molecule has 18 heavy (non-hydrogen) atoms. The van der Waals surface area contributed by atoms with Gasteiger partial charge in [0.15, 0.2) is 0 Å². The molecule has 4 heteroatoms. The van der Waals surface area contributed by atoms with E-state index in [2.05, 4.69) is 23.7 Å². The quantitative estimate of drug-likeness (QED) is 0.874. The summed E-state index contributed by atoms with van der Waals surface area (Å²) in [6.07, 6.45) is 0. The third-order valence-corrected chi connectivity index (χ3v) is 3.67. The fraction of sp³-hybridized carbons (Fsp3) is 0.286. The zero-order valence-corrected chi connectivity index (χ0v) is 11.3. The van der Waals surface area contributed by atoms with Crippen LogP contribution in [0.1, 0.15) is 17.4 Å². The Hall–Kier alpha value is -1.55. The van der Waals surface area contributed by atoms with E-state index in [1.807, 2.05) is 6.92 Å². The van der Waals surface area contributed by atoms with Crippen LogP contribution in [0, 0.1) is 12.7 Å². The zero-order chi connectivity index (χ0) is 13.0. The van der Waals surface area contributed by atoms with E-state index in [1.54, 1.807) is 17.4 Å². The summed E-state index contributed by atoms with van der Waals surface area (Å²) in [6.45, 7) is 5.23. The molecule has 0 aliphatic carbocycles. The van der Waals surface area contributed by atoms with Gasteiger partial charge < -0.3 is 10.1 Å². The molecule has 0 fully saturated rings. The van der Waals surface area contributed by atoms with Crippen LogP contribution in [0.2, 0.25) is 0 Å². The van der Waals surface area contributed by atoms with E-state index < -0.39 is 0 Å². The molecule has 0 atom stereocenters. The van der Waals surface area contributed by atoms with Gasteiger partial charge in [-0.2, -0.15) is 0 Å². The molecule has 2 rings (SSSR count).